The molecule has 1 atom stereocenters. The van der Waals surface area contributed by atoms with Crippen molar-refractivity contribution in [2.75, 3.05) is 13.1 Å². The Bertz CT molecular complexity index is 732. The number of rotatable bonds is 5. The number of pyridine rings is 1. The largest absolute Gasteiger partial charge is 0.465 e. The number of furan rings is 1. The van der Waals surface area contributed by atoms with E-state index in [9.17, 15) is 4.79 Å². The summed E-state index contributed by atoms with van der Waals surface area (Å²) in [5.41, 5.74) is 1.29. The van der Waals surface area contributed by atoms with Crippen molar-refractivity contribution in [3.05, 3.63) is 53.7 Å². The second-order valence-electron chi connectivity index (χ2n) is 7.49. The van der Waals surface area contributed by atoms with Gasteiger partial charge in [-0.1, -0.05) is 6.07 Å². The molecule has 25 heavy (non-hydrogen) atoms. The van der Waals surface area contributed by atoms with Gasteiger partial charge in [0, 0.05) is 24.9 Å². The fraction of sp³-hybridized carbons (Fsp3) is 0.500. The van der Waals surface area contributed by atoms with E-state index in [4.69, 9.17) is 4.42 Å². The molecule has 2 aromatic heterocycles. The van der Waals surface area contributed by atoms with Gasteiger partial charge < -0.3 is 9.73 Å². The lowest BCUT2D eigenvalue weighted by molar-refractivity contribution is -0.123. The molecule has 1 amide bonds. The van der Waals surface area contributed by atoms with E-state index in [0.29, 0.717) is 6.54 Å². The highest BCUT2D eigenvalue weighted by atomic mass is 16.3. The fourth-order valence-electron chi connectivity index (χ4n) is 4.03. The Morgan fingerprint density at radius 1 is 1.36 bits per heavy atom. The van der Waals surface area contributed by atoms with Crippen LogP contribution in [0, 0.1) is 18.3 Å². The van der Waals surface area contributed by atoms with E-state index >= 15 is 0 Å². The molecule has 1 aliphatic heterocycles. The number of piperidine rings is 1. The molecule has 1 saturated carbocycles. The van der Waals surface area contributed by atoms with Crippen LogP contribution in [0.25, 0.3) is 0 Å². The lowest BCUT2D eigenvalue weighted by Gasteiger charge is -2.32. The number of carbonyl (C=O) groups excluding carboxylic acids is 1. The lowest BCUT2D eigenvalue weighted by atomic mass is 9.90. The number of likely N-dealkylation sites (tertiary alicyclic amines) is 1. The molecule has 1 N–H and O–H groups in total. The number of hydrogen-bond acceptors (Lipinski definition) is 4. The van der Waals surface area contributed by atoms with E-state index in [1.807, 2.05) is 25.1 Å². The molecule has 1 spiro atoms. The SMILES string of the molecule is Cc1ccc(CN2CCC3(CC2)CC3C(=O)NCc2cccnc2)o1. The van der Waals surface area contributed by atoms with Crippen LogP contribution in [-0.2, 0) is 17.9 Å². The minimum atomic E-state index is 0.192. The molecule has 0 radical (unpaired) electrons. The lowest BCUT2D eigenvalue weighted by Crippen LogP contribution is -2.36. The molecule has 0 bridgehead atoms. The molecule has 1 aliphatic carbocycles. The van der Waals surface area contributed by atoms with Crippen molar-refractivity contribution in [2.45, 2.75) is 39.3 Å². The third-order valence-corrected chi connectivity index (χ3v) is 5.72. The van der Waals surface area contributed by atoms with Crippen LogP contribution in [0.5, 0.6) is 0 Å². The summed E-state index contributed by atoms with van der Waals surface area (Å²) in [6.07, 6.45) is 6.81. The molecular weight excluding hydrogens is 314 g/mol. The van der Waals surface area contributed by atoms with Crippen molar-refractivity contribution in [2.24, 2.45) is 11.3 Å². The molecule has 4 rings (SSSR count). The van der Waals surface area contributed by atoms with Crippen molar-refractivity contribution in [1.29, 1.82) is 0 Å². The summed E-state index contributed by atoms with van der Waals surface area (Å²) < 4.78 is 5.68. The van der Waals surface area contributed by atoms with Crippen LogP contribution in [0.15, 0.2) is 41.1 Å². The minimum Gasteiger partial charge on any atom is -0.465 e. The van der Waals surface area contributed by atoms with Crippen molar-refractivity contribution in [3.8, 4) is 0 Å². The Labute approximate surface area is 148 Å². The zero-order valence-corrected chi connectivity index (χ0v) is 14.7. The highest BCUT2D eigenvalue weighted by molar-refractivity contribution is 5.82. The van der Waals surface area contributed by atoms with Crippen LogP contribution < -0.4 is 5.32 Å². The third kappa shape index (κ3) is 3.61. The van der Waals surface area contributed by atoms with Gasteiger partial charge in [-0.3, -0.25) is 14.7 Å². The third-order valence-electron chi connectivity index (χ3n) is 5.72. The predicted molar refractivity (Wildman–Crippen MR) is 94.6 cm³/mol. The molecular formula is C20H25N3O2. The second-order valence-corrected chi connectivity index (χ2v) is 7.49. The summed E-state index contributed by atoms with van der Waals surface area (Å²) in [5.74, 6) is 2.40. The minimum absolute atomic E-state index is 0.192. The number of carbonyl (C=O) groups is 1. The highest BCUT2D eigenvalue weighted by Gasteiger charge is 2.58. The Hall–Kier alpha value is -2.14. The molecule has 5 nitrogen and oxygen atoms in total. The molecule has 3 heterocycles. The van der Waals surface area contributed by atoms with E-state index in [-0.39, 0.29) is 17.2 Å². The van der Waals surface area contributed by atoms with Gasteiger partial charge in [0.1, 0.15) is 11.5 Å². The molecule has 5 heteroatoms. The van der Waals surface area contributed by atoms with Gasteiger partial charge >= 0.3 is 0 Å². The van der Waals surface area contributed by atoms with Gasteiger partial charge in [-0.15, -0.1) is 0 Å². The number of nitrogens with one attached hydrogen (secondary N) is 1. The maximum Gasteiger partial charge on any atom is 0.223 e. The smallest absolute Gasteiger partial charge is 0.223 e. The maximum atomic E-state index is 12.5. The normalized spacial score (nSPS) is 22.0. The molecule has 132 valence electrons. The fourth-order valence-corrected chi connectivity index (χ4v) is 4.03. The van der Waals surface area contributed by atoms with Crippen LogP contribution in [-0.4, -0.2) is 28.9 Å². The van der Waals surface area contributed by atoms with Crippen molar-refractivity contribution < 1.29 is 9.21 Å². The summed E-state index contributed by atoms with van der Waals surface area (Å²) in [4.78, 5) is 19.0. The summed E-state index contributed by atoms with van der Waals surface area (Å²) in [5, 5.41) is 3.08. The summed E-state index contributed by atoms with van der Waals surface area (Å²) in [6, 6.07) is 7.97. The predicted octanol–water partition coefficient (Wildman–Crippen LogP) is 2.90. The van der Waals surface area contributed by atoms with Gasteiger partial charge in [-0.05, 0) is 68.5 Å². The number of hydrogen-bond donors (Lipinski definition) is 1. The maximum absolute atomic E-state index is 12.5. The summed E-state index contributed by atoms with van der Waals surface area (Å²) >= 11 is 0. The van der Waals surface area contributed by atoms with Crippen molar-refractivity contribution in [1.82, 2.24) is 15.2 Å². The van der Waals surface area contributed by atoms with Crippen LogP contribution in [0.1, 0.15) is 36.3 Å². The Morgan fingerprint density at radius 3 is 2.88 bits per heavy atom. The highest BCUT2D eigenvalue weighted by Crippen LogP contribution is 2.59. The van der Waals surface area contributed by atoms with E-state index in [1.54, 1.807) is 12.4 Å². The van der Waals surface area contributed by atoms with Crippen LogP contribution >= 0.6 is 0 Å². The average Bonchev–Trinajstić information content (AvgIpc) is 3.19. The van der Waals surface area contributed by atoms with E-state index in [1.165, 1.54) is 0 Å². The number of aryl methyl sites for hydroxylation is 1. The first-order valence-electron chi connectivity index (χ1n) is 9.09. The summed E-state index contributed by atoms with van der Waals surface area (Å²) in [7, 11) is 0. The number of aromatic nitrogens is 1. The average molecular weight is 339 g/mol. The Morgan fingerprint density at radius 2 is 2.20 bits per heavy atom. The Kier molecular flexibility index (Phi) is 4.34. The molecule has 2 fully saturated rings. The van der Waals surface area contributed by atoms with Gasteiger partial charge in [0.15, 0.2) is 0 Å². The van der Waals surface area contributed by atoms with Crippen molar-refractivity contribution in [3.63, 3.8) is 0 Å². The van der Waals surface area contributed by atoms with Crippen LogP contribution in [0.2, 0.25) is 0 Å². The number of amides is 1. The first-order valence-corrected chi connectivity index (χ1v) is 9.09. The van der Waals surface area contributed by atoms with Gasteiger partial charge in [0.05, 0.1) is 6.54 Å². The molecule has 2 aromatic rings. The second kappa shape index (κ2) is 6.64. The van der Waals surface area contributed by atoms with Gasteiger partial charge in [0.2, 0.25) is 5.91 Å². The van der Waals surface area contributed by atoms with Gasteiger partial charge in [-0.25, -0.2) is 0 Å². The number of nitrogens with zero attached hydrogens (tertiary/aromatic N) is 2. The van der Waals surface area contributed by atoms with Crippen molar-refractivity contribution >= 4 is 5.91 Å². The molecule has 1 unspecified atom stereocenters. The molecule has 0 aromatic carbocycles. The zero-order chi connectivity index (χ0) is 17.3. The van der Waals surface area contributed by atoms with Gasteiger partial charge in [-0.2, -0.15) is 0 Å². The van der Waals surface area contributed by atoms with Crippen LogP contribution in [0.4, 0.5) is 0 Å². The standard InChI is InChI=1S/C20H25N3O2/c1-15-4-5-17(25-15)14-23-9-6-20(7-10-23)11-18(20)19(24)22-13-16-3-2-8-21-12-16/h2-5,8,12,18H,6-7,9-11,13-14H2,1H3,(H,22,24). The topological polar surface area (TPSA) is 58.4 Å². The van der Waals surface area contributed by atoms with E-state index < -0.39 is 0 Å². The van der Waals surface area contributed by atoms with Crippen LogP contribution in [0.3, 0.4) is 0 Å². The zero-order valence-electron chi connectivity index (χ0n) is 14.7. The first kappa shape index (κ1) is 16.3. The molecule has 2 aliphatic rings. The monoisotopic (exact) mass is 339 g/mol. The van der Waals surface area contributed by atoms with E-state index in [0.717, 1.165) is 56.0 Å². The quantitative estimate of drug-likeness (QED) is 0.910. The Balaban J connectivity index is 1.24. The van der Waals surface area contributed by atoms with Gasteiger partial charge in [0.25, 0.3) is 0 Å². The molecule has 1 saturated heterocycles. The first-order chi connectivity index (χ1) is 12.1. The van der Waals surface area contributed by atoms with E-state index in [2.05, 4.69) is 21.3 Å². The summed E-state index contributed by atoms with van der Waals surface area (Å²) in [6.45, 7) is 5.52.